The van der Waals surface area contributed by atoms with E-state index in [1.165, 1.54) is 0 Å². The molecule has 2 rings (SSSR count). The number of carbonyl (C=O) groups excluding carboxylic acids is 1. The van der Waals surface area contributed by atoms with E-state index in [0.29, 0.717) is 13.1 Å². The summed E-state index contributed by atoms with van der Waals surface area (Å²) in [6, 6.07) is 5.88. The van der Waals surface area contributed by atoms with Crippen molar-refractivity contribution in [2.75, 3.05) is 18.0 Å². The topological polar surface area (TPSA) is 58.4 Å². The van der Waals surface area contributed by atoms with E-state index in [0.717, 1.165) is 23.4 Å². The molecule has 1 aliphatic rings. The molecule has 0 bridgehead atoms. The van der Waals surface area contributed by atoms with Gasteiger partial charge in [-0.05, 0) is 24.1 Å². The van der Waals surface area contributed by atoms with Crippen LogP contribution in [0.4, 0.5) is 10.5 Å². The predicted octanol–water partition coefficient (Wildman–Crippen LogP) is 0.983. The third-order valence-electron chi connectivity index (χ3n) is 2.74. The summed E-state index contributed by atoms with van der Waals surface area (Å²) in [7, 11) is 0. The number of amides is 2. The lowest BCUT2D eigenvalue weighted by Crippen LogP contribution is -2.29. The Morgan fingerprint density at radius 1 is 1.53 bits per heavy atom. The van der Waals surface area contributed by atoms with Crippen molar-refractivity contribution in [1.29, 1.82) is 0 Å². The zero-order valence-corrected chi connectivity index (χ0v) is 8.79. The number of hydrogen-bond donors (Lipinski definition) is 2. The fraction of sp³-hybridized carbons (Fsp3) is 0.364. The van der Waals surface area contributed by atoms with Gasteiger partial charge in [0.05, 0.1) is 5.69 Å². The fourth-order valence-electron chi connectivity index (χ4n) is 1.91. The lowest BCUT2D eigenvalue weighted by atomic mass is 10.1. The summed E-state index contributed by atoms with van der Waals surface area (Å²) in [6.45, 7) is 3.90. The molecule has 15 heavy (non-hydrogen) atoms. The number of anilines is 1. The quantitative estimate of drug-likeness (QED) is 0.756. The van der Waals surface area contributed by atoms with Crippen LogP contribution in [0.15, 0.2) is 18.2 Å². The van der Waals surface area contributed by atoms with Gasteiger partial charge >= 0.3 is 6.03 Å². The number of aryl methyl sites for hydroxylation is 1. The van der Waals surface area contributed by atoms with Crippen LogP contribution in [0.25, 0.3) is 0 Å². The molecule has 2 amide bonds. The SMILES string of the molecule is Cc1cccc(N2CCNC2=O)c1CN. The van der Waals surface area contributed by atoms with Gasteiger partial charge in [-0.25, -0.2) is 4.79 Å². The molecule has 1 aliphatic heterocycles. The number of nitrogens with zero attached hydrogens (tertiary/aromatic N) is 1. The summed E-state index contributed by atoms with van der Waals surface area (Å²) in [5.41, 5.74) is 8.83. The molecule has 3 N–H and O–H groups in total. The molecule has 1 saturated heterocycles. The molecular formula is C11H15N3O. The zero-order chi connectivity index (χ0) is 10.8. The number of rotatable bonds is 2. The molecule has 0 atom stereocenters. The van der Waals surface area contributed by atoms with Gasteiger partial charge in [0.2, 0.25) is 0 Å². The zero-order valence-electron chi connectivity index (χ0n) is 8.79. The smallest absolute Gasteiger partial charge is 0.322 e. The molecule has 1 aromatic carbocycles. The van der Waals surface area contributed by atoms with Crippen molar-refractivity contribution in [3.05, 3.63) is 29.3 Å². The van der Waals surface area contributed by atoms with Gasteiger partial charge in [-0.15, -0.1) is 0 Å². The van der Waals surface area contributed by atoms with Gasteiger partial charge in [0.25, 0.3) is 0 Å². The van der Waals surface area contributed by atoms with Crippen LogP contribution in [0.2, 0.25) is 0 Å². The van der Waals surface area contributed by atoms with Crippen LogP contribution in [-0.4, -0.2) is 19.1 Å². The minimum absolute atomic E-state index is 0.0321. The largest absolute Gasteiger partial charge is 0.336 e. The van der Waals surface area contributed by atoms with Crippen LogP contribution in [0, 0.1) is 6.92 Å². The van der Waals surface area contributed by atoms with Gasteiger partial charge in [0.1, 0.15) is 0 Å². The van der Waals surface area contributed by atoms with Gasteiger partial charge in [-0.2, -0.15) is 0 Å². The third-order valence-corrected chi connectivity index (χ3v) is 2.74. The number of carbonyl (C=O) groups is 1. The van der Waals surface area contributed by atoms with Crippen LogP contribution >= 0.6 is 0 Å². The van der Waals surface area contributed by atoms with Crippen LogP contribution in [0.3, 0.4) is 0 Å². The van der Waals surface area contributed by atoms with E-state index in [9.17, 15) is 4.79 Å². The summed E-state index contributed by atoms with van der Waals surface area (Å²) in [6.07, 6.45) is 0. The van der Waals surface area contributed by atoms with E-state index in [2.05, 4.69) is 5.32 Å². The number of nitrogens with two attached hydrogens (primary N) is 1. The normalized spacial score (nSPS) is 15.6. The van der Waals surface area contributed by atoms with Gasteiger partial charge in [-0.1, -0.05) is 12.1 Å². The molecule has 0 aromatic heterocycles. The second kappa shape index (κ2) is 3.90. The van der Waals surface area contributed by atoms with Gasteiger partial charge < -0.3 is 11.1 Å². The van der Waals surface area contributed by atoms with E-state index in [1.54, 1.807) is 4.90 Å². The van der Waals surface area contributed by atoms with Crippen LogP contribution in [0.5, 0.6) is 0 Å². The molecule has 4 nitrogen and oxygen atoms in total. The second-order valence-corrected chi connectivity index (χ2v) is 3.66. The highest BCUT2D eigenvalue weighted by Crippen LogP contribution is 2.24. The molecule has 1 fully saturated rings. The number of urea groups is 1. The number of hydrogen-bond acceptors (Lipinski definition) is 2. The maximum atomic E-state index is 11.5. The van der Waals surface area contributed by atoms with Gasteiger partial charge in [0.15, 0.2) is 0 Å². The average molecular weight is 205 g/mol. The Labute approximate surface area is 89.1 Å². The molecule has 1 heterocycles. The Hall–Kier alpha value is -1.55. The molecule has 1 aromatic rings. The number of nitrogens with one attached hydrogen (secondary N) is 1. The fourth-order valence-corrected chi connectivity index (χ4v) is 1.91. The Morgan fingerprint density at radius 3 is 2.93 bits per heavy atom. The molecule has 0 aliphatic carbocycles. The second-order valence-electron chi connectivity index (χ2n) is 3.66. The molecule has 0 spiro atoms. The van der Waals surface area contributed by atoms with Gasteiger partial charge in [0, 0.05) is 19.6 Å². The first-order valence-electron chi connectivity index (χ1n) is 5.08. The van der Waals surface area contributed by atoms with Crippen molar-refractivity contribution in [3.63, 3.8) is 0 Å². The molecule has 0 unspecified atom stereocenters. The average Bonchev–Trinajstić information content (AvgIpc) is 2.64. The van der Waals surface area contributed by atoms with Crippen LogP contribution in [-0.2, 0) is 6.54 Å². The van der Waals surface area contributed by atoms with Crippen molar-refractivity contribution < 1.29 is 4.79 Å². The predicted molar refractivity (Wildman–Crippen MR) is 59.8 cm³/mol. The maximum Gasteiger partial charge on any atom is 0.322 e. The van der Waals surface area contributed by atoms with Crippen molar-refractivity contribution in [2.45, 2.75) is 13.5 Å². The van der Waals surface area contributed by atoms with Crippen molar-refractivity contribution in [2.24, 2.45) is 5.73 Å². The van der Waals surface area contributed by atoms with E-state index in [-0.39, 0.29) is 6.03 Å². The summed E-state index contributed by atoms with van der Waals surface area (Å²) in [5.74, 6) is 0. The van der Waals surface area contributed by atoms with E-state index < -0.39 is 0 Å². The third kappa shape index (κ3) is 1.68. The molecule has 0 saturated carbocycles. The highest BCUT2D eigenvalue weighted by Gasteiger charge is 2.23. The van der Waals surface area contributed by atoms with E-state index in [1.807, 2.05) is 25.1 Å². The first-order chi connectivity index (χ1) is 7.24. The summed E-state index contributed by atoms with van der Waals surface area (Å²) < 4.78 is 0. The Kier molecular flexibility index (Phi) is 2.60. The first kappa shape index (κ1) is 9.98. The number of benzene rings is 1. The van der Waals surface area contributed by atoms with Crippen LogP contribution < -0.4 is 16.0 Å². The molecule has 4 heteroatoms. The van der Waals surface area contributed by atoms with Crippen molar-refractivity contribution >= 4 is 11.7 Å². The van der Waals surface area contributed by atoms with E-state index in [4.69, 9.17) is 5.73 Å². The first-order valence-corrected chi connectivity index (χ1v) is 5.08. The molecular weight excluding hydrogens is 190 g/mol. The van der Waals surface area contributed by atoms with Gasteiger partial charge in [-0.3, -0.25) is 4.90 Å². The Balaban J connectivity index is 2.42. The lowest BCUT2D eigenvalue weighted by molar-refractivity contribution is 0.252. The monoisotopic (exact) mass is 205 g/mol. The molecule has 0 radical (unpaired) electrons. The maximum absolute atomic E-state index is 11.5. The lowest BCUT2D eigenvalue weighted by Gasteiger charge is -2.19. The standard InChI is InChI=1S/C11H15N3O/c1-8-3-2-4-10(9(8)7-12)14-6-5-13-11(14)15/h2-4H,5-7,12H2,1H3,(H,13,15). The van der Waals surface area contributed by atoms with Crippen molar-refractivity contribution in [3.8, 4) is 0 Å². The van der Waals surface area contributed by atoms with Crippen LogP contribution in [0.1, 0.15) is 11.1 Å². The Bertz CT molecular complexity index is 389. The Morgan fingerprint density at radius 2 is 2.33 bits per heavy atom. The minimum atomic E-state index is -0.0321. The highest BCUT2D eigenvalue weighted by atomic mass is 16.2. The minimum Gasteiger partial charge on any atom is -0.336 e. The van der Waals surface area contributed by atoms with Crippen molar-refractivity contribution in [1.82, 2.24) is 5.32 Å². The molecule has 80 valence electrons. The summed E-state index contributed by atoms with van der Waals surface area (Å²) in [4.78, 5) is 13.3. The summed E-state index contributed by atoms with van der Waals surface area (Å²) >= 11 is 0. The summed E-state index contributed by atoms with van der Waals surface area (Å²) in [5, 5.41) is 2.79. The van der Waals surface area contributed by atoms with E-state index >= 15 is 0 Å². The highest BCUT2D eigenvalue weighted by molar-refractivity contribution is 5.95.